The molecule has 0 spiro atoms. The zero-order valence-corrected chi connectivity index (χ0v) is 12.0. The van der Waals surface area contributed by atoms with Crippen LogP contribution < -0.4 is 10.9 Å². The third-order valence-corrected chi connectivity index (χ3v) is 3.00. The van der Waals surface area contributed by atoms with Crippen LogP contribution >= 0.6 is 0 Å². The first-order chi connectivity index (χ1) is 10.1. The fraction of sp³-hybridized carbons (Fsp3) is 0.333. The van der Waals surface area contributed by atoms with E-state index in [1.165, 1.54) is 6.20 Å². The number of amides is 1. The van der Waals surface area contributed by atoms with Crippen molar-refractivity contribution in [2.24, 2.45) is 5.92 Å². The van der Waals surface area contributed by atoms with Crippen LogP contribution in [-0.4, -0.2) is 20.9 Å². The lowest BCUT2D eigenvalue weighted by atomic mass is 9.98. The Bertz CT molecular complexity index is 632. The van der Waals surface area contributed by atoms with Crippen LogP contribution in [0.4, 0.5) is 0 Å². The minimum absolute atomic E-state index is 0.139. The molecular weight excluding hydrogens is 268 g/mol. The molecule has 2 N–H and O–H groups in total. The second-order valence-electron chi connectivity index (χ2n) is 5.24. The molecule has 0 aromatic carbocycles. The van der Waals surface area contributed by atoms with Crippen molar-refractivity contribution in [3.63, 3.8) is 0 Å². The highest BCUT2D eigenvalue weighted by Gasteiger charge is 2.18. The molecule has 6 nitrogen and oxygen atoms in total. The van der Waals surface area contributed by atoms with Crippen LogP contribution in [0.5, 0.6) is 0 Å². The minimum Gasteiger partial charge on any atom is -0.344 e. The number of hydrogen-bond acceptors (Lipinski definition) is 4. The number of nitrogens with zero attached hydrogens (tertiary/aromatic N) is 2. The van der Waals surface area contributed by atoms with Gasteiger partial charge < -0.3 is 10.3 Å². The van der Waals surface area contributed by atoms with Gasteiger partial charge in [-0.25, -0.2) is 4.98 Å². The summed E-state index contributed by atoms with van der Waals surface area (Å²) in [5.41, 5.74) is 0.800. The summed E-state index contributed by atoms with van der Waals surface area (Å²) in [4.78, 5) is 33.5. The molecule has 0 bridgehead atoms. The highest BCUT2D eigenvalue weighted by atomic mass is 16.2. The van der Waals surface area contributed by atoms with Crippen molar-refractivity contribution in [1.82, 2.24) is 20.3 Å². The number of carbonyl (C=O) groups is 1. The lowest BCUT2D eigenvalue weighted by Crippen LogP contribution is -2.30. The quantitative estimate of drug-likeness (QED) is 0.875. The van der Waals surface area contributed by atoms with Gasteiger partial charge in [-0.3, -0.25) is 14.6 Å². The summed E-state index contributed by atoms with van der Waals surface area (Å²) in [7, 11) is 0. The van der Waals surface area contributed by atoms with Gasteiger partial charge >= 0.3 is 0 Å². The van der Waals surface area contributed by atoms with Gasteiger partial charge in [0.15, 0.2) is 0 Å². The van der Waals surface area contributed by atoms with E-state index in [4.69, 9.17) is 0 Å². The van der Waals surface area contributed by atoms with E-state index < -0.39 is 0 Å². The van der Waals surface area contributed by atoms with Crippen LogP contribution in [0, 0.1) is 5.92 Å². The molecule has 21 heavy (non-hydrogen) atoms. The van der Waals surface area contributed by atoms with Gasteiger partial charge in [0.2, 0.25) is 0 Å². The molecule has 0 saturated heterocycles. The molecule has 0 radical (unpaired) electrons. The average molecular weight is 286 g/mol. The summed E-state index contributed by atoms with van der Waals surface area (Å²) in [5, 5.41) is 2.94. The van der Waals surface area contributed by atoms with E-state index in [-0.39, 0.29) is 23.2 Å². The molecule has 0 aliphatic rings. The normalized spacial score (nSPS) is 12.1. The smallest absolute Gasteiger partial charge is 0.271 e. The van der Waals surface area contributed by atoms with E-state index in [0.717, 1.165) is 18.2 Å². The van der Waals surface area contributed by atoms with Gasteiger partial charge in [-0.05, 0) is 24.0 Å². The minimum atomic E-state index is -0.336. The SMILES string of the molecule is CC(C)C[C@@H](NC(=O)c1c[nH]c(=O)cn1)c1cccnc1. The Balaban J connectivity index is 2.17. The number of nitrogens with one attached hydrogen (secondary N) is 2. The predicted molar refractivity (Wildman–Crippen MR) is 78.8 cm³/mol. The summed E-state index contributed by atoms with van der Waals surface area (Å²) in [6, 6.07) is 3.63. The number of carbonyl (C=O) groups excluding carboxylic acids is 1. The summed E-state index contributed by atoms with van der Waals surface area (Å²) in [6.45, 7) is 4.18. The topological polar surface area (TPSA) is 87.7 Å². The fourth-order valence-electron chi connectivity index (χ4n) is 2.03. The maximum atomic E-state index is 12.2. The number of aromatic nitrogens is 3. The van der Waals surface area contributed by atoms with E-state index in [1.54, 1.807) is 12.4 Å². The maximum absolute atomic E-state index is 12.2. The summed E-state index contributed by atoms with van der Waals surface area (Å²) in [6.07, 6.45) is 6.64. The van der Waals surface area contributed by atoms with Crippen LogP contribution in [0.15, 0.2) is 41.7 Å². The molecular formula is C15H18N4O2. The molecule has 0 aliphatic heterocycles. The van der Waals surface area contributed by atoms with Gasteiger partial charge in [0.25, 0.3) is 11.5 Å². The number of H-pyrrole nitrogens is 1. The van der Waals surface area contributed by atoms with Gasteiger partial charge in [-0.2, -0.15) is 0 Å². The molecule has 2 aromatic heterocycles. The van der Waals surface area contributed by atoms with E-state index in [1.807, 2.05) is 12.1 Å². The molecule has 0 saturated carbocycles. The van der Waals surface area contributed by atoms with Gasteiger partial charge in [0.05, 0.1) is 12.2 Å². The standard InChI is InChI=1S/C15H18N4O2/c1-10(2)6-12(11-4-3-5-16-7-11)19-15(21)13-8-18-14(20)9-17-13/h3-5,7-10,12H,6H2,1-2H3,(H,18,20)(H,19,21)/t12-/m1/s1. The van der Waals surface area contributed by atoms with E-state index >= 15 is 0 Å². The Morgan fingerprint density at radius 2 is 2.19 bits per heavy atom. The van der Waals surface area contributed by atoms with Crippen molar-refractivity contribution in [3.8, 4) is 0 Å². The maximum Gasteiger partial charge on any atom is 0.271 e. The zero-order chi connectivity index (χ0) is 15.2. The summed E-state index contributed by atoms with van der Waals surface area (Å²) < 4.78 is 0. The van der Waals surface area contributed by atoms with E-state index in [0.29, 0.717) is 5.92 Å². The lowest BCUT2D eigenvalue weighted by molar-refractivity contribution is 0.0926. The van der Waals surface area contributed by atoms with Crippen LogP contribution in [0.1, 0.15) is 42.4 Å². The van der Waals surface area contributed by atoms with E-state index in [9.17, 15) is 9.59 Å². The average Bonchev–Trinajstić information content (AvgIpc) is 2.47. The highest BCUT2D eigenvalue weighted by Crippen LogP contribution is 2.20. The van der Waals surface area contributed by atoms with Gasteiger partial charge in [0, 0.05) is 18.6 Å². The first-order valence-corrected chi connectivity index (χ1v) is 6.82. The number of pyridine rings is 1. The number of rotatable bonds is 5. The van der Waals surface area contributed by atoms with E-state index in [2.05, 4.69) is 34.1 Å². The molecule has 6 heteroatoms. The van der Waals surface area contributed by atoms with Gasteiger partial charge in [-0.15, -0.1) is 0 Å². The molecule has 2 rings (SSSR count). The van der Waals surface area contributed by atoms with Crippen LogP contribution in [-0.2, 0) is 0 Å². The van der Waals surface area contributed by atoms with Crippen molar-refractivity contribution in [1.29, 1.82) is 0 Å². The first kappa shape index (κ1) is 14.9. The molecule has 0 fully saturated rings. The van der Waals surface area contributed by atoms with Crippen molar-refractivity contribution >= 4 is 5.91 Å². The molecule has 2 aromatic rings. The number of aromatic amines is 1. The van der Waals surface area contributed by atoms with Crippen molar-refractivity contribution in [3.05, 3.63) is 58.5 Å². The largest absolute Gasteiger partial charge is 0.344 e. The van der Waals surface area contributed by atoms with Gasteiger partial charge in [-0.1, -0.05) is 19.9 Å². The van der Waals surface area contributed by atoms with Crippen LogP contribution in [0.3, 0.4) is 0 Å². The monoisotopic (exact) mass is 286 g/mol. The van der Waals surface area contributed by atoms with Crippen molar-refractivity contribution in [2.45, 2.75) is 26.3 Å². The highest BCUT2D eigenvalue weighted by molar-refractivity contribution is 5.92. The Morgan fingerprint density at radius 1 is 1.38 bits per heavy atom. The Hall–Kier alpha value is -2.50. The fourth-order valence-corrected chi connectivity index (χ4v) is 2.03. The molecule has 1 amide bonds. The molecule has 0 aliphatic carbocycles. The van der Waals surface area contributed by atoms with Crippen molar-refractivity contribution < 1.29 is 4.79 Å². The van der Waals surface area contributed by atoms with Gasteiger partial charge in [0.1, 0.15) is 5.69 Å². The lowest BCUT2D eigenvalue weighted by Gasteiger charge is -2.20. The zero-order valence-electron chi connectivity index (χ0n) is 12.0. The van der Waals surface area contributed by atoms with Crippen LogP contribution in [0.2, 0.25) is 0 Å². The van der Waals surface area contributed by atoms with Crippen LogP contribution in [0.25, 0.3) is 0 Å². The summed E-state index contributed by atoms with van der Waals surface area (Å²) in [5.74, 6) is 0.0970. The first-order valence-electron chi connectivity index (χ1n) is 6.82. The Kier molecular flexibility index (Phi) is 4.81. The van der Waals surface area contributed by atoms with Crippen molar-refractivity contribution in [2.75, 3.05) is 0 Å². The third kappa shape index (κ3) is 4.24. The molecule has 0 unspecified atom stereocenters. The third-order valence-electron chi connectivity index (χ3n) is 3.00. The second-order valence-corrected chi connectivity index (χ2v) is 5.24. The summed E-state index contributed by atoms with van der Waals surface area (Å²) >= 11 is 0. The molecule has 2 heterocycles. The Morgan fingerprint density at radius 3 is 2.76 bits per heavy atom. The second kappa shape index (κ2) is 6.78. The molecule has 1 atom stereocenters. The number of hydrogen-bond donors (Lipinski definition) is 2. The molecule has 110 valence electrons. The Labute approximate surface area is 122 Å². The predicted octanol–water partition coefficient (Wildman–Crippen LogP) is 1.68.